The number of amides is 1. The minimum absolute atomic E-state index is 0.192. The Morgan fingerprint density at radius 3 is 2.34 bits per heavy atom. The third-order valence-electron chi connectivity index (χ3n) is 5.41. The number of hydrogen-bond donors (Lipinski definition) is 1. The highest BCUT2D eigenvalue weighted by Crippen LogP contribution is 2.28. The van der Waals surface area contributed by atoms with Crippen molar-refractivity contribution in [1.82, 2.24) is 9.97 Å². The fourth-order valence-corrected chi connectivity index (χ4v) is 4.37. The van der Waals surface area contributed by atoms with Crippen LogP contribution in [0.5, 0.6) is 0 Å². The van der Waals surface area contributed by atoms with Gasteiger partial charge in [0.15, 0.2) is 5.13 Å². The summed E-state index contributed by atoms with van der Waals surface area (Å²) < 4.78 is 0. The molecule has 1 amide bonds. The van der Waals surface area contributed by atoms with Crippen LogP contribution >= 0.6 is 11.3 Å². The van der Waals surface area contributed by atoms with E-state index in [1.165, 1.54) is 16.9 Å². The van der Waals surface area contributed by atoms with E-state index < -0.39 is 0 Å². The van der Waals surface area contributed by atoms with E-state index in [1.807, 2.05) is 66.0 Å². The van der Waals surface area contributed by atoms with Crippen LogP contribution in [0.2, 0.25) is 0 Å². The lowest BCUT2D eigenvalue weighted by Gasteiger charge is -2.09. The molecule has 156 valence electrons. The van der Waals surface area contributed by atoms with Gasteiger partial charge in [-0.3, -0.25) is 10.1 Å². The van der Waals surface area contributed by atoms with Gasteiger partial charge in [-0.25, -0.2) is 9.97 Å². The number of anilines is 1. The first-order chi connectivity index (χ1) is 15.7. The van der Waals surface area contributed by atoms with Gasteiger partial charge in [0, 0.05) is 21.9 Å². The standard InChI is InChI=1S/C27H21N3OS/c1-2-18-12-14-20(15-13-18)25-17-32-27(29-25)30-26(31)22-16-24(19-8-4-3-5-9-19)28-23-11-7-6-10-21(22)23/h3-17H,2H2,1H3,(H,29,30,31). The van der Waals surface area contributed by atoms with Crippen LogP contribution in [0.3, 0.4) is 0 Å². The SMILES string of the molecule is CCc1ccc(-c2csc(NC(=O)c3cc(-c4ccccc4)nc4ccccc34)n2)cc1. The van der Waals surface area contributed by atoms with E-state index in [-0.39, 0.29) is 5.91 Å². The highest BCUT2D eigenvalue weighted by molar-refractivity contribution is 7.14. The van der Waals surface area contributed by atoms with E-state index in [1.54, 1.807) is 0 Å². The number of benzene rings is 3. The number of pyridine rings is 1. The molecule has 4 nitrogen and oxygen atoms in total. The third kappa shape index (κ3) is 4.03. The minimum atomic E-state index is -0.192. The van der Waals surface area contributed by atoms with Crippen molar-refractivity contribution < 1.29 is 4.79 Å². The Balaban J connectivity index is 1.47. The van der Waals surface area contributed by atoms with Gasteiger partial charge in [0.1, 0.15) is 0 Å². The monoisotopic (exact) mass is 435 g/mol. The molecule has 0 saturated carbocycles. The van der Waals surface area contributed by atoms with E-state index in [9.17, 15) is 4.79 Å². The van der Waals surface area contributed by atoms with Gasteiger partial charge in [0.05, 0.1) is 22.5 Å². The van der Waals surface area contributed by atoms with Crippen molar-refractivity contribution >= 4 is 33.3 Å². The maximum Gasteiger partial charge on any atom is 0.258 e. The van der Waals surface area contributed by atoms with Crippen LogP contribution in [0.1, 0.15) is 22.8 Å². The van der Waals surface area contributed by atoms with Crippen LogP contribution in [0.4, 0.5) is 5.13 Å². The van der Waals surface area contributed by atoms with Crippen molar-refractivity contribution in [3.63, 3.8) is 0 Å². The summed E-state index contributed by atoms with van der Waals surface area (Å²) >= 11 is 1.42. The average Bonchev–Trinajstić information content (AvgIpc) is 3.32. The summed E-state index contributed by atoms with van der Waals surface area (Å²) in [4.78, 5) is 22.7. The molecule has 0 spiro atoms. The summed E-state index contributed by atoms with van der Waals surface area (Å²) in [6, 6.07) is 27.8. The van der Waals surface area contributed by atoms with Crippen LogP contribution < -0.4 is 5.32 Å². The topological polar surface area (TPSA) is 54.9 Å². The predicted molar refractivity (Wildman–Crippen MR) is 132 cm³/mol. The lowest BCUT2D eigenvalue weighted by Crippen LogP contribution is -2.13. The van der Waals surface area contributed by atoms with Gasteiger partial charge in [-0.15, -0.1) is 11.3 Å². The van der Waals surface area contributed by atoms with Gasteiger partial charge >= 0.3 is 0 Å². The van der Waals surface area contributed by atoms with Crippen LogP contribution in [0, 0.1) is 0 Å². The largest absolute Gasteiger partial charge is 0.298 e. The number of para-hydroxylation sites is 1. The van der Waals surface area contributed by atoms with Crippen LogP contribution in [0.15, 0.2) is 90.3 Å². The molecule has 0 aliphatic carbocycles. The number of aromatic nitrogens is 2. The molecule has 0 fully saturated rings. The second-order valence-corrected chi connectivity index (χ2v) is 8.34. The number of carbonyl (C=O) groups is 1. The summed E-state index contributed by atoms with van der Waals surface area (Å²) in [5, 5.41) is 6.34. The number of fused-ring (bicyclic) bond motifs is 1. The fraction of sp³-hybridized carbons (Fsp3) is 0.0741. The van der Waals surface area contributed by atoms with Crippen molar-refractivity contribution in [3.8, 4) is 22.5 Å². The van der Waals surface area contributed by atoms with Gasteiger partial charge in [0.25, 0.3) is 5.91 Å². The van der Waals surface area contributed by atoms with Gasteiger partial charge in [0.2, 0.25) is 0 Å². The fourth-order valence-electron chi connectivity index (χ4n) is 3.66. The molecule has 0 saturated heterocycles. The number of thiazole rings is 1. The zero-order chi connectivity index (χ0) is 21.9. The molecule has 0 bridgehead atoms. The summed E-state index contributed by atoms with van der Waals surface area (Å²) in [6.45, 7) is 2.14. The van der Waals surface area contributed by atoms with E-state index in [0.717, 1.165) is 39.8 Å². The Morgan fingerprint density at radius 2 is 1.56 bits per heavy atom. The first kappa shape index (κ1) is 20.1. The molecule has 3 aromatic carbocycles. The van der Waals surface area contributed by atoms with Crippen molar-refractivity contribution in [2.24, 2.45) is 0 Å². The Morgan fingerprint density at radius 1 is 0.844 bits per heavy atom. The second kappa shape index (κ2) is 8.73. The normalized spacial score (nSPS) is 10.9. The van der Waals surface area contributed by atoms with Gasteiger partial charge < -0.3 is 0 Å². The van der Waals surface area contributed by atoms with E-state index in [0.29, 0.717) is 10.7 Å². The van der Waals surface area contributed by atoms with E-state index in [4.69, 9.17) is 4.98 Å². The van der Waals surface area contributed by atoms with Gasteiger partial charge in [-0.05, 0) is 24.1 Å². The molecule has 5 aromatic rings. The van der Waals surface area contributed by atoms with Crippen molar-refractivity contribution in [2.45, 2.75) is 13.3 Å². The first-order valence-electron chi connectivity index (χ1n) is 10.5. The molecule has 32 heavy (non-hydrogen) atoms. The molecule has 0 unspecified atom stereocenters. The molecule has 0 aliphatic rings. The molecule has 0 aliphatic heterocycles. The number of nitrogens with zero attached hydrogens (tertiary/aromatic N) is 2. The molecular weight excluding hydrogens is 414 g/mol. The molecule has 5 rings (SSSR count). The number of nitrogens with one attached hydrogen (secondary N) is 1. The van der Waals surface area contributed by atoms with E-state index >= 15 is 0 Å². The van der Waals surface area contributed by atoms with Gasteiger partial charge in [-0.2, -0.15) is 0 Å². The summed E-state index contributed by atoms with van der Waals surface area (Å²) in [5.41, 5.74) is 6.30. The quantitative estimate of drug-likeness (QED) is 0.329. The minimum Gasteiger partial charge on any atom is -0.298 e. The molecule has 2 aromatic heterocycles. The summed E-state index contributed by atoms with van der Waals surface area (Å²) in [6.07, 6.45) is 1.00. The first-order valence-corrected chi connectivity index (χ1v) is 11.4. The van der Waals surface area contributed by atoms with Gasteiger partial charge in [-0.1, -0.05) is 79.7 Å². The van der Waals surface area contributed by atoms with Crippen molar-refractivity contribution in [2.75, 3.05) is 5.32 Å². The number of carbonyl (C=O) groups excluding carboxylic acids is 1. The van der Waals surface area contributed by atoms with Crippen LogP contribution in [0.25, 0.3) is 33.4 Å². The Bertz CT molecular complexity index is 1390. The molecule has 5 heteroatoms. The smallest absolute Gasteiger partial charge is 0.258 e. The zero-order valence-corrected chi connectivity index (χ0v) is 18.4. The average molecular weight is 436 g/mol. The lowest BCUT2D eigenvalue weighted by molar-refractivity contribution is 0.102. The number of rotatable bonds is 5. The molecule has 0 atom stereocenters. The number of aryl methyl sites for hydroxylation is 1. The maximum absolute atomic E-state index is 13.3. The van der Waals surface area contributed by atoms with Crippen LogP contribution in [-0.2, 0) is 6.42 Å². The highest BCUT2D eigenvalue weighted by Gasteiger charge is 2.16. The van der Waals surface area contributed by atoms with E-state index in [2.05, 4.69) is 41.5 Å². The number of hydrogen-bond acceptors (Lipinski definition) is 4. The lowest BCUT2D eigenvalue weighted by atomic mass is 10.0. The highest BCUT2D eigenvalue weighted by atomic mass is 32.1. The molecule has 0 radical (unpaired) electrons. The Labute approximate surface area is 190 Å². The van der Waals surface area contributed by atoms with Crippen molar-refractivity contribution in [3.05, 3.63) is 101 Å². The maximum atomic E-state index is 13.3. The summed E-state index contributed by atoms with van der Waals surface area (Å²) in [7, 11) is 0. The molecular formula is C27H21N3OS. The van der Waals surface area contributed by atoms with Crippen molar-refractivity contribution in [1.29, 1.82) is 0 Å². The Hall–Kier alpha value is -3.83. The van der Waals surface area contributed by atoms with Crippen LogP contribution in [-0.4, -0.2) is 15.9 Å². The Kier molecular flexibility index (Phi) is 5.48. The molecule has 1 N–H and O–H groups in total. The molecule has 2 heterocycles. The zero-order valence-electron chi connectivity index (χ0n) is 17.6. The summed E-state index contributed by atoms with van der Waals surface area (Å²) in [5.74, 6) is -0.192. The second-order valence-electron chi connectivity index (χ2n) is 7.48. The predicted octanol–water partition coefficient (Wildman–Crippen LogP) is 6.84. The third-order valence-corrected chi connectivity index (χ3v) is 6.17.